The van der Waals surface area contributed by atoms with Crippen LogP contribution in [0.25, 0.3) is 22.6 Å². The topological polar surface area (TPSA) is 116 Å². The first-order chi connectivity index (χ1) is 15.1. The molecule has 0 radical (unpaired) electrons. The Morgan fingerprint density at radius 2 is 1.82 bits per heavy atom. The van der Waals surface area contributed by atoms with Crippen LogP contribution in [0, 0.1) is 0 Å². The van der Waals surface area contributed by atoms with E-state index in [0.717, 1.165) is 12.3 Å². The van der Waals surface area contributed by atoms with E-state index in [-0.39, 0.29) is 38.9 Å². The Balaban J connectivity index is 2.13. The summed E-state index contributed by atoms with van der Waals surface area (Å²) < 4.78 is 71.2. The van der Waals surface area contributed by atoms with E-state index in [9.17, 15) is 26.4 Å². The Bertz CT molecular complexity index is 1330. The number of imidazole rings is 1. The van der Waals surface area contributed by atoms with Gasteiger partial charge in [0.05, 0.1) is 39.8 Å². The molecule has 0 unspecified atom stereocenters. The van der Waals surface area contributed by atoms with E-state index in [4.69, 9.17) is 4.74 Å². The minimum atomic E-state index is -4.66. The number of ether oxygens (including phenoxy) is 1. The van der Waals surface area contributed by atoms with Crippen LogP contribution in [0.5, 0.6) is 0 Å². The molecule has 0 aromatic carbocycles. The van der Waals surface area contributed by atoms with Crippen LogP contribution in [0.4, 0.5) is 23.7 Å². The summed E-state index contributed by atoms with van der Waals surface area (Å²) in [6.45, 7) is 6.45. The third-order valence-corrected chi connectivity index (χ3v) is 6.22. The van der Waals surface area contributed by atoms with Crippen molar-refractivity contribution in [2.45, 2.75) is 44.4 Å². The monoisotopic (exact) mass is 485 g/mol. The number of amides is 1. The van der Waals surface area contributed by atoms with Crippen LogP contribution in [-0.2, 0) is 27.8 Å². The average Bonchev–Trinajstić information content (AvgIpc) is 3.01. The zero-order chi connectivity index (χ0) is 24.8. The summed E-state index contributed by atoms with van der Waals surface area (Å²) in [5.41, 5.74) is -1.65. The summed E-state index contributed by atoms with van der Waals surface area (Å²) in [5.74, 6) is -0.247. The Morgan fingerprint density at radius 1 is 1.15 bits per heavy atom. The summed E-state index contributed by atoms with van der Waals surface area (Å²) in [5, 5.41) is 2.43. The molecule has 0 aliphatic rings. The highest BCUT2D eigenvalue weighted by atomic mass is 32.2. The first-order valence-electron chi connectivity index (χ1n) is 9.75. The van der Waals surface area contributed by atoms with Crippen molar-refractivity contribution in [2.75, 3.05) is 11.1 Å². The second-order valence-electron chi connectivity index (χ2n) is 8.15. The van der Waals surface area contributed by atoms with Gasteiger partial charge in [-0.1, -0.05) is 6.92 Å². The number of hydrogen-bond acceptors (Lipinski definition) is 7. The molecule has 9 nitrogen and oxygen atoms in total. The summed E-state index contributed by atoms with van der Waals surface area (Å²) >= 11 is 0. The quantitative estimate of drug-likeness (QED) is 0.589. The fraction of sp³-hybridized carbons (Fsp3) is 0.400. The van der Waals surface area contributed by atoms with E-state index in [1.54, 1.807) is 20.8 Å². The normalized spacial score (nSPS) is 12.7. The molecule has 13 heteroatoms. The fourth-order valence-corrected chi connectivity index (χ4v) is 4.01. The molecule has 1 amide bonds. The molecule has 3 aromatic rings. The van der Waals surface area contributed by atoms with Crippen molar-refractivity contribution < 1.29 is 31.1 Å². The molecule has 178 valence electrons. The third kappa shape index (κ3) is 5.24. The number of sulfone groups is 1. The van der Waals surface area contributed by atoms with Crippen molar-refractivity contribution in [1.29, 1.82) is 0 Å². The summed E-state index contributed by atoms with van der Waals surface area (Å²) in [6.07, 6.45) is -3.23. The molecule has 0 spiro atoms. The lowest BCUT2D eigenvalue weighted by atomic mass is 10.2. The molecule has 3 rings (SSSR count). The zero-order valence-corrected chi connectivity index (χ0v) is 19.3. The number of hydrogen-bond donors (Lipinski definition) is 1. The van der Waals surface area contributed by atoms with Crippen molar-refractivity contribution in [3.63, 3.8) is 0 Å². The summed E-state index contributed by atoms with van der Waals surface area (Å²) in [7, 11) is -2.35. The molecule has 0 atom stereocenters. The van der Waals surface area contributed by atoms with E-state index < -0.39 is 33.4 Å². The van der Waals surface area contributed by atoms with Crippen LogP contribution in [-0.4, -0.2) is 45.4 Å². The fourth-order valence-electron chi connectivity index (χ4n) is 2.95. The predicted octanol–water partition coefficient (Wildman–Crippen LogP) is 4.19. The van der Waals surface area contributed by atoms with Gasteiger partial charge in [0, 0.05) is 7.05 Å². The van der Waals surface area contributed by atoms with Crippen LogP contribution < -0.4 is 5.32 Å². The number of anilines is 1. The molecule has 0 aliphatic carbocycles. The van der Waals surface area contributed by atoms with Gasteiger partial charge in [0.15, 0.2) is 15.7 Å². The van der Waals surface area contributed by atoms with E-state index in [2.05, 4.69) is 20.3 Å². The number of aryl methyl sites for hydroxylation is 1. The standard InChI is InChI=1S/C20H22F3N5O4S/c1-6-33(30,31)14-7-11(26-18(29)32-19(2,3)4)9-25-16(14)17-27-12-8-15(20(21,22)23)24-10-13(12)28(17)5/h7-10H,6H2,1-5H3,(H,26,29). The first-order valence-corrected chi connectivity index (χ1v) is 11.4. The van der Waals surface area contributed by atoms with Gasteiger partial charge in [0.25, 0.3) is 0 Å². The molecule has 3 heterocycles. The molecule has 1 N–H and O–H groups in total. The Morgan fingerprint density at radius 3 is 2.39 bits per heavy atom. The van der Waals surface area contributed by atoms with Crippen molar-refractivity contribution in [3.8, 4) is 11.5 Å². The number of fused-ring (bicyclic) bond motifs is 1. The minimum absolute atomic E-state index is 0.0209. The van der Waals surface area contributed by atoms with Crippen LogP contribution in [0.1, 0.15) is 33.4 Å². The van der Waals surface area contributed by atoms with Gasteiger partial charge in [-0.3, -0.25) is 5.32 Å². The smallest absolute Gasteiger partial charge is 0.433 e. The molecular weight excluding hydrogens is 463 g/mol. The number of carbonyl (C=O) groups excluding carboxylic acids is 1. The van der Waals surface area contributed by atoms with E-state index in [1.807, 2.05) is 0 Å². The number of aromatic nitrogens is 4. The molecule has 0 aliphatic heterocycles. The SMILES string of the molecule is CCS(=O)(=O)c1cc(NC(=O)OC(C)(C)C)cnc1-c1nc2cc(C(F)(F)F)ncc2n1C. The number of nitrogens with zero attached hydrogens (tertiary/aromatic N) is 4. The van der Waals surface area contributed by atoms with Crippen molar-refractivity contribution in [2.24, 2.45) is 7.05 Å². The number of alkyl halides is 3. The Hall–Kier alpha value is -3.22. The van der Waals surface area contributed by atoms with Gasteiger partial charge < -0.3 is 9.30 Å². The number of rotatable bonds is 4. The summed E-state index contributed by atoms with van der Waals surface area (Å²) in [4.78, 5) is 23.6. The Labute approximate surface area is 187 Å². The second-order valence-corrected chi connectivity index (χ2v) is 10.4. The lowest BCUT2D eigenvalue weighted by Gasteiger charge is -2.20. The van der Waals surface area contributed by atoms with E-state index in [1.165, 1.54) is 30.8 Å². The van der Waals surface area contributed by atoms with Gasteiger partial charge in [0.1, 0.15) is 17.0 Å². The van der Waals surface area contributed by atoms with Crippen LogP contribution in [0.2, 0.25) is 0 Å². The lowest BCUT2D eigenvalue weighted by molar-refractivity contribution is -0.141. The Kier molecular flexibility index (Phi) is 6.13. The highest BCUT2D eigenvalue weighted by Gasteiger charge is 2.33. The average molecular weight is 485 g/mol. The maximum absolute atomic E-state index is 13.0. The van der Waals surface area contributed by atoms with Gasteiger partial charge in [-0.25, -0.2) is 28.2 Å². The number of halogens is 3. The molecule has 0 fully saturated rings. The van der Waals surface area contributed by atoms with Crippen LogP contribution in [0.3, 0.4) is 0 Å². The van der Waals surface area contributed by atoms with E-state index in [0.29, 0.717) is 0 Å². The van der Waals surface area contributed by atoms with Crippen LogP contribution >= 0.6 is 0 Å². The number of nitrogens with one attached hydrogen (secondary N) is 1. The maximum Gasteiger partial charge on any atom is 0.433 e. The number of carbonyl (C=O) groups is 1. The highest BCUT2D eigenvalue weighted by Crippen LogP contribution is 2.33. The molecule has 0 bridgehead atoms. The molecule has 3 aromatic heterocycles. The van der Waals surface area contributed by atoms with Crippen molar-refractivity contribution >= 4 is 32.7 Å². The summed E-state index contributed by atoms with van der Waals surface area (Å²) in [6, 6.07) is 2.00. The van der Waals surface area contributed by atoms with Gasteiger partial charge >= 0.3 is 12.3 Å². The van der Waals surface area contributed by atoms with Gasteiger partial charge in [0.2, 0.25) is 0 Å². The van der Waals surface area contributed by atoms with Crippen molar-refractivity contribution in [3.05, 3.63) is 30.2 Å². The molecular formula is C20H22F3N5O4S. The van der Waals surface area contributed by atoms with Gasteiger partial charge in [-0.15, -0.1) is 0 Å². The van der Waals surface area contributed by atoms with Crippen LogP contribution in [0.15, 0.2) is 29.4 Å². The van der Waals surface area contributed by atoms with Crippen molar-refractivity contribution in [1.82, 2.24) is 19.5 Å². The largest absolute Gasteiger partial charge is 0.444 e. The third-order valence-electron chi connectivity index (χ3n) is 4.48. The van der Waals surface area contributed by atoms with E-state index >= 15 is 0 Å². The highest BCUT2D eigenvalue weighted by molar-refractivity contribution is 7.91. The lowest BCUT2D eigenvalue weighted by Crippen LogP contribution is -2.27. The van der Waals surface area contributed by atoms with Gasteiger partial charge in [-0.05, 0) is 32.9 Å². The minimum Gasteiger partial charge on any atom is -0.444 e. The first kappa shape index (κ1) is 24.4. The molecule has 0 saturated carbocycles. The zero-order valence-electron chi connectivity index (χ0n) is 18.5. The molecule has 0 saturated heterocycles. The number of pyridine rings is 2. The second kappa shape index (κ2) is 8.28. The maximum atomic E-state index is 13.0. The predicted molar refractivity (Wildman–Crippen MR) is 114 cm³/mol. The van der Waals surface area contributed by atoms with Gasteiger partial charge in [-0.2, -0.15) is 13.2 Å². The molecule has 33 heavy (non-hydrogen) atoms.